The van der Waals surface area contributed by atoms with Crippen molar-refractivity contribution in [3.63, 3.8) is 0 Å². The number of hydrogen-bond acceptors (Lipinski definition) is 2. The van der Waals surface area contributed by atoms with Gasteiger partial charge in [-0.2, -0.15) is 0 Å². The van der Waals surface area contributed by atoms with Crippen molar-refractivity contribution in [2.45, 2.75) is 26.7 Å². The lowest BCUT2D eigenvalue weighted by Crippen LogP contribution is -2.39. The Labute approximate surface area is 119 Å². The maximum atomic E-state index is 12.0. The van der Waals surface area contributed by atoms with E-state index in [2.05, 4.69) is 17.1 Å². The monoisotopic (exact) mass is 280 g/mol. The smallest absolute Gasteiger partial charge is 0.238 e. The number of nitrogens with one attached hydrogen (secondary N) is 1. The van der Waals surface area contributed by atoms with E-state index < -0.39 is 0 Å². The van der Waals surface area contributed by atoms with Crippen LogP contribution in [0.2, 0.25) is 5.02 Å². The topological polar surface area (TPSA) is 32.3 Å². The summed E-state index contributed by atoms with van der Waals surface area (Å²) in [7, 11) is 0. The molecule has 0 saturated carbocycles. The van der Waals surface area contributed by atoms with E-state index in [1.807, 2.05) is 19.1 Å². The van der Waals surface area contributed by atoms with Crippen molar-refractivity contribution in [3.8, 4) is 0 Å². The molecule has 0 spiro atoms. The highest BCUT2D eigenvalue weighted by Crippen LogP contribution is 2.20. The quantitative estimate of drug-likeness (QED) is 0.921. The fraction of sp³-hybridized carbons (Fsp3) is 0.533. The minimum absolute atomic E-state index is 0.0361. The molecule has 0 bridgehead atoms. The van der Waals surface area contributed by atoms with Gasteiger partial charge in [-0.1, -0.05) is 24.6 Å². The molecule has 4 heteroatoms. The van der Waals surface area contributed by atoms with Crippen molar-refractivity contribution in [1.82, 2.24) is 4.90 Å². The van der Waals surface area contributed by atoms with E-state index >= 15 is 0 Å². The van der Waals surface area contributed by atoms with Gasteiger partial charge in [-0.3, -0.25) is 9.69 Å². The second kappa shape index (κ2) is 6.40. The van der Waals surface area contributed by atoms with Gasteiger partial charge in [-0.05, 0) is 49.9 Å². The molecule has 1 aliphatic rings. The molecular formula is C15H21ClN2O. The second-order valence-electron chi connectivity index (χ2n) is 5.49. The third-order valence-electron chi connectivity index (χ3n) is 3.56. The van der Waals surface area contributed by atoms with E-state index in [1.165, 1.54) is 12.8 Å². The Morgan fingerprint density at radius 1 is 1.53 bits per heavy atom. The lowest BCUT2D eigenvalue weighted by atomic mass is 10.0. The molecule has 1 aromatic rings. The van der Waals surface area contributed by atoms with Crippen LogP contribution in [0.25, 0.3) is 0 Å². The van der Waals surface area contributed by atoms with Gasteiger partial charge in [-0.25, -0.2) is 0 Å². The number of benzene rings is 1. The van der Waals surface area contributed by atoms with Crippen molar-refractivity contribution in [2.24, 2.45) is 5.92 Å². The fourth-order valence-electron chi connectivity index (χ4n) is 2.50. The Hall–Kier alpha value is -1.06. The van der Waals surface area contributed by atoms with Crippen LogP contribution < -0.4 is 5.32 Å². The molecule has 1 N–H and O–H groups in total. The lowest BCUT2D eigenvalue weighted by Gasteiger charge is -2.30. The molecule has 19 heavy (non-hydrogen) atoms. The van der Waals surface area contributed by atoms with Crippen LogP contribution in [0.3, 0.4) is 0 Å². The third kappa shape index (κ3) is 4.22. The van der Waals surface area contributed by atoms with Crippen molar-refractivity contribution in [1.29, 1.82) is 0 Å². The van der Waals surface area contributed by atoms with E-state index in [4.69, 9.17) is 11.6 Å². The van der Waals surface area contributed by atoms with Gasteiger partial charge < -0.3 is 5.32 Å². The maximum absolute atomic E-state index is 12.0. The molecule has 1 atom stereocenters. The normalized spacial score (nSPS) is 20.3. The molecule has 1 aromatic carbocycles. The van der Waals surface area contributed by atoms with Crippen molar-refractivity contribution >= 4 is 23.2 Å². The lowest BCUT2D eigenvalue weighted by molar-refractivity contribution is -0.117. The molecule has 1 aliphatic heterocycles. The summed E-state index contributed by atoms with van der Waals surface area (Å²) >= 11 is 6.05. The number of halogens is 1. The molecular weight excluding hydrogens is 260 g/mol. The predicted octanol–water partition coefficient (Wildman–Crippen LogP) is 3.32. The van der Waals surface area contributed by atoms with E-state index in [9.17, 15) is 4.79 Å². The summed E-state index contributed by atoms with van der Waals surface area (Å²) in [5.74, 6) is 0.726. The maximum Gasteiger partial charge on any atom is 0.238 e. The molecule has 1 fully saturated rings. The molecule has 0 aliphatic carbocycles. The van der Waals surface area contributed by atoms with Crippen LogP contribution in [0.4, 0.5) is 5.69 Å². The first-order chi connectivity index (χ1) is 9.04. The number of piperidine rings is 1. The number of likely N-dealkylation sites (tertiary alicyclic amines) is 1. The zero-order valence-corrected chi connectivity index (χ0v) is 12.3. The number of carbonyl (C=O) groups is 1. The van der Waals surface area contributed by atoms with Crippen LogP contribution in [-0.2, 0) is 4.79 Å². The number of carbonyl (C=O) groups excluding carboxylic acids is 1. The number of rotatable bonds is 3. The number of nitrogens with zero attached hydrogens (tertiary/aromatic N) is 1. The van der Waals surface area contributed by atoms with Crippen LogP contribution in [0.5, 0.6) is 0 Å². The first-order valence-electron chi connectivity index (χ1n) is 6.83. The van der Waals surface area contributed by atoms with Gasteiger partial charge >= 0.3 is 0 Å². The van der Waals surface area contributed by atoms with Gasteiger partial charge in [0.2, 0.25) is 5.91 Å². The molecule has 1 saturated heterocycles. The summed E-state index contributed by atoms with van der Waals surface area (Å²) in [6, 6.07) is 5.60. The minimum Gasteiger partial charge on any atom is -0.325 e. The first kappa shape index (κ1) is 14.4. The Morgan fingerprint density at radius 2 is 2.32 bits per heavy atom. The average molecular weight is 281 g/mol. The minimum atomic E-state index is 0.0361. The predicted molar refractivity (Wildman–Crippen MR) is 79.7 cm³/mol. The summed E-state index contributed by atoms with van der Waals surface area (Å²) in [6.07, 6.45) is 2.45. The summed E-state index contributed by atoms with van der Waals surface area (Å²) in [6.45, 7) is 6.69. The molecule has 0 aromatic heterocycles. The highest BCUT2D eigenvalue weighted by molar-refractivity contribution is 6.31. The van der Waals surface area contributed by atoms with Crippen molar-refractivity contribution < 1.29 is 4.79 Å². The van der Waals surface area contributed by atoms with Crippen LogP contribution in [0, 0.1) is 12.8 Å². The Morgan fingerprint density at radius 3 is 3.00 bits per heavy atom. The van der Waals surface area contributed by atoms with Crippen LogP contribution in [-0.4, -0.2) is 30.4 Å². The largest absolute Gasteiger partial charge is 0.325 e. The molecule has 0 radical (unpaired) electrons. The summed E-state index contributed by atoms with van der Waals surface area (Å²) in [4.78, 5) is 14.2. The SMILES string of the molecule is Cc1ccc(NC(=O)CN2CCCC(C)C2)cc1Cl. The summed E-state index contributed by atoms with van der Waals surface area (Å²) in [5, 5.41) is 3.59. The van der Waals surface area contributed by atoms with E-state index in [0.717, 1.165) is 24.3 Å². The van der Waals surface area contributed by atoms with Gasteiger partial charge in [0.05, 0.1) is 6.54 Å². The van der Waals surface area contributed by atoms with Gasteiger partial charge in [0.15, 0.2) is 0 Å². The molecule has 3 nitrogen and oxygen atoms in total. The first-order valence-corrected chi connectivity index (χ1v) is 7.21. The molecule has 1 unspecified atom stereocenters. The standard InChI is InChI=1S/C15H21ClN2O/c1-11-4-3-7-18(9-11)10-15(19)17-13-6-5-12(2)14(16)8-13/h5-6,8,11H,3-4,7,9-10H2,1-2H3,(H,17,19). The van der Waals surface area contributed by atoms with E-state index in [-0.39, 0.29) is 5.91 Å². The fourth-order valence-corrected chi connectivity index (χ4v) is 2.69. The molecule has 104 valence electrons. The van der Waals surface area contributed by atoms with Gasteiger partial charge in [0.1, 0.15) is 0 Å². The number of aryl methyl sites for hydroxylation is 1. The Kier molecular flexibility index (Phi) is 4.83. The second-order valence-corrected chi connectivity index (χ2v) is 5.90. The number of amides is 1. The van der Waals surface area contributed by atoms with Crippen LogP contribution in [0.15, 0.2) is 18.2 Å². The van der Waals surface area contributed by atoms with E-state index in [1.54, 1.807) is 6.07 Å². The molecule has 2 rings (SSSR count). The number of anilines is 1. The van der Waals surface area contributed by atoms with Gasteiger partial charge in [-0.15, -0.1) is 0 Å². The van der Waals surface area contributed by atoms with Crippen molar-refractivity contribution in [3.05, 3.63) is 28.8 Å². The van der Waals surface area contributed by atoms with Crippen molar-refractivity contribution in [2.75, 3.05) is 25.0 Å². The van der Waals surface area contributed by atoms with E-state index in [0.29, 0.717) is 17.5 Å². The Balaban J connectivity index is 1.88. The van der Waals surface area contributed by atoms with Crippen LogP contribution in [0.1, 0.15) is 25.3 Å². The highest BCUT2D eigenvalue weighted by Gasteiger charge is 2.18. The zero-order valence-electron chi connectivity index (χ0n) is 11.6. The average Bonchev–Trinajstić information content (AvgIpc) is 2.34. The molecule has 1 amide bonds. The molecule has 1 heterocycles. The summed E-state index contributed by atoms with van der Waals surface area (Å²) in [5.41, 5.74) is 1.79. The zero-order chi connectivity index (χ0) is 13.8. The number of hydrogen-bond donors (Lipinski definition) is 1. The highest BCUT2D eigenvalue weighted by atomic mass is 35.5. The third-order valence-corrected chi connectivity index (χ3v) is 3.97. The van der Waals surface area contributed by atoms with Crippen LogP contribution >= 0.6 is 11.6 Å². The van der Waals surface area contributed by atoms with Gasteiger partial charge in [0, 0.05) is 17.3 Å². The van der Waals surface area contributed by atoms with Gasteiger partial charge in [0.25, 0.3) is 0 Å². The summed E-state index contributed by atoms with van der Waals surface area (Å²) < 4.78 is 0. The Bertz CT molecular complexity index is 461.